The molecule has 102 valence electrons. The Kier molecular flexibility index (Phi) is 2.89. The minimum absolute atomic E-state index is 0.111. The van der Waals surface area contributed by atoms with Gasteiger partial charge in [-0.1, -0.05) is 0 Å². The van der Waals surface area contributed by atoms with Gasteiger partial charge in [0.05, 0.1) is 0 Å². The second-order valence-corrected chi connectivity index (χ2v) is 4.12. The summed E-state index contributed by atoms with van der Waals surface area (Å²) in [7, 11) is 4.48. The number of aromatic nitrogens is 4. The number of fused-ring (bicyclic) bond motifs is 1. The average Bonchev–Trinajstić information content (AvgIpc) is 2.69. The van der Waals surface area contributed by atoms with Gasteiger partial charge in [-0.05, 0) is 0 Å². The molecule has 2 heterocycles. The van der Waals surface area contributed by atoms with Crippen LogP contribution >= 0.6 is 0 Å². The molecule has 2 aromatic heterocycles. The van der Waals surface area contributed by atoms with Gasteiger partial charge >= 0.3 is 11.7 Å². The molecule has 9 nitrogen and oxygen atoms in total. The summed E-state index contributed by atoms with van der Waals surface area (Å²) in [6.45, 7) is -0.328. The third kappa shape index (κ3) is 1.88. The molecule has 0 saturated heterocycles. The van der Waals surface area contributed by atoms with Gasteiger partial charge in [-0.25, -0.2) is 9.78 Å². The fourth-order valence-electron chi connectivity index (χ4n) is 1.89. The summed E-state index contributed by atoms with van der Waals surface area (Å²) in [5.74, 6) is -0.829. The normalized spacial score (nSPS) is 10.9. The lowest BCUT2D eigenvalue weighted by Crippen LogP contribution is -2.37. The third-order valence-electron chi connectivity index (χ3n) is 2.86. The molecule has 0 aliphatic rings. The van der Waals surface area contributed by atoms with Gasteiger partial charge < -0.3 is 10.4 Å². The predicted octanol–water partition coefficient (Wildman–Crippen LogP) is -1.53. The monoisotopic (exact) mass is 267 g/mol. The minimum Gasteiger partial charge on any atom is -0.480 e. The summed E-state index contributed by atoms with van der Waals surface area (Å²) in [6, 6.07) is 0. The molecule has 0 aliphatic carbocycles. The van der Waals surface area contributed by atoms with Crippen LogP contribution in [0.3, 0.4) is 0 Å². The first-order chi connectivity index (χ1) is 8.84. The number of anilines is 1. The molecule has 9 heteroatoms. The fourth-order valence-corrected chi connectivity index (χ4v) is 1.89. The number of nitrogens with zero attached hydrogens (tertiary/aromatic N) is 4. The molecular weight excluding hydrogens is 254 g/mol. The quantitative estimate of drug-likeness (QED) is 0.697. The molecule has 0 aliphatic heterocycles. The van der Waals surface area contributed by atoms with Gasteiger partial charge in [0.25, 0.3) is 5.56 Å². The number of rotatable bonds is 3. The smallest absolute Gasteiger partial charge is 0.332 e. The summed E-state index contributed by atoms with van der Waals surface area (Å²) < 4.78 is 3.72. The van der Waals surface area contributed by atoms with Crippen LogP contribution in [-0.2, 0) is 25.9 Å². The van der Waals surface area contributed by atoms with Crippen LogP contribution in [0.15, 0.2) is 9.59 Å². The van der Waals surface area contributed by atoms with E-state index in [0.717, 1.165) is 4.57 Å². The molecule has 2 N–H and O–H groups in total. The molecule has 0 unspecified atom stereocenters. The van der Waals surface area contributed by atoms with Crippen LogP contribution in [0.4, 0.5) is 5.95 Å². The van der Waals surface area contributed by atoms with E-state index in [9.17, 15) is 14.4 Å². The van der Waals surface area contributed by atoms with Crippen molar-refractivity contribution in [1.29, 1.82) is 0 Å². The molecule has 0 spiro atoms. The largest absolute Gasteiger partial charge is 0.480 e. The Labute approximate surface area is 106 Å². The number of nitrogens with one attached hydrogen (secondary N) is 1. The van der Waals surface area contributed by atoms with E-state index in [4.69, 9.17) is 5.11 Å². The van der Waals surface area contributed by atoms with Crippen LogP contribution in [-0.4, -0.2) is 36.3 Å². The number of imidazole rings is 1. The zero-order valence-electron chi connectivity index (χ0n) is 10.7. The van der Waals surface area contributed by atoms with Crippen LogP contribution in [0.25, 0.3) is 11.2 Å². The van der Waals surface area contributed by atoms with E-state index in [1.54, 1.807) is 7.05 Å². The number of aryl methyl sites for hydroxylation is 2. The first kappa shape index (κ1) is 12.9. The Hall–Kier alpha value is -2.58. The number of carboxylic acids is 1. The van der Waals surface area contributed by atoms with E-state index in [0.29, 0.717) is 5.65 Å². The Morgan fingerprint density at radius 2 is 1.84 bits per heavy atom. The zero-order valence-corrected chi connectivity index (χ0v) is 10.7. The number of hydrogen-bond acceptors (Lipinski definition) is 5. The van der Waals surface area contributed by atoms with Crippen molar-refractivity contribution in [3.63, 3.8) is 0 Å². The van der Waals surface area contributed by atoms with Gasteiger partial charge in [0.15, 0.2) is 11.2 Å². The summed E-state index contributed by atoms with van der Waals surface area (Å²) >= 11 is 0. The standard InChI is InChI=1S/C10H13N5O4/c1-13-7-6(12-9(13)11-4-5(16)17)8(18)15(3)10(19)14(7)2/h4H2,1-3H3,(H,11,12)(H,16,17). The van der Waals surface area contributed by atoms with Crippen molar-refractivity contribution in [2.24, 2.45) is 21.1 Å². The van der Waals surface area contributed by atoms with E-state index in [-0.39, 0.29) is 18.0 Å². The summed E-state index contributed by atoms with van der Waals surface area (Å²) in [5, 5.41) is 11.2. The van der Waals surface area contributed by atoms with E-state index >= 15 is 0 Å². The van der Waals surface area contributed by atoms with Crippen molar-refractivity contribution >= 4 is 23.1 Å². The number of carbonyl (C=O) groups is 1. The number of carboxylic acid groups (broad SMARTS) is 1. The molecule has 19 heavy (non-hydrogen) atoms. The third-order valence-corrected chi connectivity index (χ3v) is 2.86. The van der Waals surface area contributed by atoms with Gasteiger partial charge in [-0.15, -0.1) is 0 Å². The summed E-state index contributed by atoms with van der Waals surface area (Å²) in [6.07, 6.45) is 0. The van der Waals surface area contributed by atoms with Gasteiger partial charge in [0, 0.05) is 21.1 Å². The lowest BCUT2D eigenvalue weighted by atomic mass is 10.5. The minimum atomic E-state index is -1.05. The molecule has 0 bridgehead atoms. The molecular formula is C10H13N5O4. The fraction of sp³-hybridized carbons (Fsp3) is 0.400. The van der Waals surface area contributed by atoms with Gasteiger partial charge in [-0.2, -0.15) is 0 Å². The van der Waals surface area contributed by atoms with Crippen molar-refractivity contribution in [3.8, 4) is 0 Å². The van der Waals surface area contributed by atoms with Gasteiger partial charge in [-0.3, -0.25) is 23.3 Å². The highest BCUT2D eigenvalue weighted by molar-refractivity contribution is 5.76. The SMILES string of the molecule is Cn1c(=O)c2nc(NCC(=O)O)n(C)c2n(C)c1=O. The Bertz CT molecular complexity index is 782. The Morgan fingerprint density at radius 1 is 1.21 bits per heavy atom. The second kappa shape index (κ2) is 4.26. The van der Waals surface area contributed by atoms with Crippen LogP contribution in [0.5, 0.6) is 0 Å². The molecule has 2 aromatic rings. The van der Waals surface area contributed by atoms with Crippen LogP contribution in [0.2, 0.25) is 0 Å². The maximum absolute atomic E-state index is 11.9. The molecule has 0 amide bonds. The van der Waals surface area contributed by atoms with E-state index < -0.39 is 17.2 Å². The maximum atomic E-state index is 11.9. The summed E-state index contributed by atoms with van der Waals surface area (Å²) in [5.41, 5.74) is -0.539. The van der Waals surface area contributed by atoms with Crippen molar-refractivity contribution < 1.29 is 9.90 Å². The highest BCUT2D eigenvalue weighted by Gasteiger charge is 2.16. The molecule has 2 rings (SSSR count). The van der Waals surface area contributed by atoms with E-state index in [1.165, 1.54) is 23.2 Å². The van der Waals surface area contributed by atoms with E-state index in [1.807, 2.05) is 0 Å². The topological polar surface area (TPSA) is 111 Å². The van der Waals surface area contributed by atoms with Crippen LogP contribution in [0, 0.1) is 0 Å². The molecule has 0 fully saturated rings. The van der Waals surface area contributed by atoms with Crippen molar-refractivity contribution in [3.05, 3.63) is 20.8 Å². The van der Waals surface area contributed by atoms with Crippen LogP contribution < -0.4 is 16.6 Å². The lowest BCUT2D eigenvalue weighted by Gasteiger charge is -2.06. The molecule has 0 radical (unpaired) electrons. The zero-order chi connectivity index (χ0) is 14.3. The first-order valence-electron chi connectivity index (χ1n) is 5.42. The second-order valence-electron chi connectivity index (χ2n) is 4.12. The average molecular weight is 267 g/mol. The predicted molar refractivity (Wildman–Crippen MR) is 67.3 cm³/mol. The molecule has 0 atom stereocenters. The van der Waals surface area contributed by atoms with Crippen molar-refractivity contribution in [1.82, 2.24) is 18.7 Å². The van der Waals surface area contributed by atoms with Crippen molar-refractivity contribution in [2.75, 3.05) is 11.9 Å². The van der Waals surface area contributed by atoms with Crippen molar-refractivity contribution in [2.45, 2.75) is 0 Å². The van der Waals surface area contributed by atoms with Crippen LogP contribution in [0.1, 0.15) is 0 Å². The lowest BCUT2D eigenvalue weighted by molar-refractivity contribution is -0.134. The maximum Gasteiger partial charge on any atom is 0.332 e. The Morgan fingerprint density at radius 3 is 2.42 bits per heavy atom. The Balaban J connectivity index is 2.74. The van der Waals surface area contributed by atoms with Gasteiger partial charge in [0.2, 0.25) is 5.95 Å². The summed E-state index contributed by atoms with van der Waals surface area (Å²) in [4.78, 5) is 38.3. The number of hydrogen-bond donors (Lipinski definition) is 2. The molecule has 0 saturated carbocycles. The molecule has 0 aromatic carbocycles. The van der Waals surface area contributed by atoms with E-state index in [2.05, 4.69) is 10.3 Å². The first-order valence-corrected chi connectivity index (χ1v) is 5.42. The highest BCUT2D eigenvalue weighted by Crippen LogP contribution is 2.12. The number of aliphatic carboxylic acids is 1. The van der Waals surface area contributed by atoms with Gasteiger partial charge in [0.1, 0.15) is 6.54 Å². The highest BCUT2D eigenvalue weighted by atomic mass is 16.4.